The fraction of sp³-hybridized carbons (Fsp3) is 0.111. The lowest BCUT2D eigenvalue weighted by molar-refractivity contribution is -0.137. The maximum absolute atomic E-state index is 12.7. The van der Waals surface area contributed by atoms with Crippen LogP contribution in [0.1, 0.15) is 21.5 Å². The highest BCUT2D eigenvalue weighted by Crippen LogP contribution is 2.30. The number of alkyl halides is 3. The molecule has 7 heteroatoms. The van der Waals surface area contributed by atoms with Crippen LogP contribution in [-0.2, 0) is 6.18 Å². The molecule has 2 aromatic carbocycles. The van der Waals surface area contributed by atoms with Gasteiger partial charge in [-0.25, -0.2) is 4.79 Å². The van der Waals surface area contributed by atoms with Gasteiger partial charge in [0.25, 0.3) is 5.56 Å². The molecule has 0 saturated heterocycles. The molecule has 0 aliphatic rings. The number of carbonyl (C=O) groups is 1. The summed E-state index contributed by atoms with van der Waals surface area (Å²) in [4.78, 5) is 23.6. The van der Waals surface area contributed by atoms with E-state index in [1.807, 2.05) is 0 Å². The molecular weight excluding hydrogens is 335 g/mol. The van der Waals surface area contributed by atoms with Gasteiger partial charge >= 0.3 is 12.1 Å². The average Bonchev–Trinajstić information content (AvgIpc) is 2.55. The third kappa shape index (κ3) is 3.00. The summed E-state index contributed by atoms with van der Waals surface area (Å²) in [6.45, 7) is 1.57. The number of hydrogen-bond acceptors (Lipinski definition) is 2. The van der Waals surface area contributed by atoms with Gasteiger partial charge in [-0.3, -0.25) is 9.36 Å². The Kier molecular flexibility index (Phi) is 3.87. The maximum atomic E-state index is 12.7. The Morgan fingerprint density at radius 1 is 1.04 bits per heavy atom. The number of hydrogen-bond donors (Lipinski definition) is 1. The molecule has 0 aliphatic heterocycles. The van der Waals surface area contributed by atoms with Crippen LogP contribution in [0.2, 0.25) is 0 Å². The summed E-state index contributed by atoms with van der Waals surface area (Å²) in [7, 11) is 0. The molecule has 128 valence electrons. The first-order valence-corrected chi connectivity index (χ1v) is 7.26. The molecule has 3 rings (SSSR count). The minimum Gasteiger partial charge on any atom is -0.478 e. The van der Waals surface area contributed by atoms with E-state index in [0.29, 0.717) is 16.5 Å². The van der Waals surface area contributed by atoms with Gasteiger partial charge in [0.15, 0.2) is 0 Å². The van der Waals surface area contributed by atoms with Gasteiger partial charge in [0.2, 0.25) is 0 Å². The molecule has 0 aliphatic carbocycles. The standard InChI is InChI=1S/C18H12F3NO3/c1-10-8-12-9-11(17(24)25)2-7-15(12)22(16(10)23)14-5-3-13(4-6-14)18(19,20)21/h2-9H,1H3,(H,24,25). The summed E-state index contributed by atoms with van der Waals surface area (Å²) in [5.41, 5.74) is -0.0839. The summed E-state index contributed by atoms with van der Waals surface area (Å²) in [5, 5.41) is 9.60. The molecule has 0 fully saturated rings. The number of nitrogens with zero attached hydrogens (tertiary/aromatic N) is 1. The van der Waals surface area contributed by atoms with E-state index in [9.17, 15) is 22.8 Å². The van der Waals surface area contributed by atoms with E-state index in [2.05, 4.69) is 0 Å². The molecular formula is C18H12F3NO3. The van der Waals surface area contributed by atoms with Crippen LogP contribution in [0.25, 0.3) is 16.6 Å². The highest BCUT2D eigenvalue weighted by atomic mass is 19.4. The SMILES string of the molecule is Cc1cc2cc(C(=O)O)ccc2n(-c2ccc(C(F)(F)F)cc2)c1=O. The summed E-state index contributed by atoms with van der Waals surface area (Å²) in [6, 6.07) is 10.0. The van der Waals surface area contributed by atoms with Gasteiger partial charge in [-0.05, 0) is 60.8 Å². The third-order valence-electron chi connectivity index (χ3n) is 3.88. The van der Waals surface area contributed by atoms with Crippen LogP contribution in [0.3, 0.4) is 0 Å². The van der Waals surface area contributed by atoms with E-state index >= 15 is 0 Å². The van der Waals surface area contributed by atoms with Crippen LogP contribution in [0, 0.1) is 6.92 Å². The normalized spacial score (nSPS) is 11.7. The number of halogens is 3. The van der Waals surface area contributed by atoms with E-state index in [1.54, 1.807) is 13.0 Å². The lowest BCUT2D eigenvalue weighted by atomic mass is 10.1. The van der Waals surface area contributed by atoms with Crippen LogP contribution in [0.15, 0.2) is 53.3 Å². The number of carboxylic acid groups (broad SMARTS) is 1. The number of aryl methyl sites for hydroxylation is 1. The lowest BCUT2D eigenvalue weighted by Crippen LogP contribution is -2.21. The summed E-state index contributed by atoms with van der Waals surface area (Å²) in [5.74, 6) is -1.10. The van der Waals surface area contributed by atoms with Crippen molar-refractivity contribution in [3.8, 4) is 5.69 Å². The Bertz CT molecular complexity index is 1030. The van der Waals surface area contributed by atoms with E-state index in [1.165, 1.54) is 34.9 Å². The number of carboxylic acids is 1. The van der Waals surface area contributed by atoms with Crippen LogP contribution < -0.4 is 5.56 Å². The molecule has 3 aromatic rings. The number of rotatable bonds is 2. The highest BCUT2D eigenvalue weighted by molar-refractivity contribution is 5.93. The molecule has 0 atom stereocenters. The molecule has 1 N–H and O–H groups in total. The van der Waals surface area contributed by atoms with Crippen LogP contribution >= 0.6 is 0 Å². The van der Waals surface area contributed by atoms with Crippen LogP contribution in [0.5, 0.6) is 0 Å². The van der Waals surface area contributed by atoms with E-state index in [0.717, 1.165) is 12.1 Å². The second kappa shape index (κ2) is 5.77. The molecule has 0 saturated carbocycles. The first kappa shape index (κ1) is 16.8. The lowest BCUT2D eigenvalue weighted by Gasteiger charge is -2.13. The fourth-order valence-corrected chi connectivity index (χ4v) is 2.64. The quantitative estimate of drug-likeness (QED) is 0.762. The zero-order valence-electron chi connectivity index (χ0n) is 13.0. The van der Waals surface area contributed by atoms with Crippen molar-refractivity contribution < 1.29 is 23.1 Å². The number of pyridine rings is 1. The number of benzene rings is 2. The van der Waals surface area contributed by atoms with Crippen LogP contribution in [-0.4, -0.2) is 15.6 Å². The Labute approximate surface area is 139 Å². The zero-order chi connectivity index (χ0) is 18.4. The van der Waals surface area contributed by atoms with Gasteiger partial charge in [0.05, 0.1) is 16.6 Å². The van der Waals surface area contributed by atoms with Crippen molar-refractivity contribution >= 4 is 16.9 Å². The second-order valence-corrected chi connectivity index (χ2v) is 5.59. The fourth-order valence-electron chi connectivity index (χ4n) is 2.64. The van der Waals surface area contributed by atoms with E-state index < -0.39 is 17.7 Å². The third-order valence-corrected chi connectivity index (χ3v) is 3.88. The van der Waals surface area contributed by atoms with Crippen molar-refractivity contribution in [3.05, 3.63) is 75.6 Å². The van der Waals surface area contributed by atoms with E-state index in [4.69, 9.17) is 5.11 Å². The van der Waals surface area contributed by atoms with Gasteiger partial charge in [-0.1, -0.05) is 0 Å². The van der Waals surface area contributed by atoms with Crippen LogP contribution in [0.4, 0.5) is 13.2 Å². The highest BCUT2D eigenvalue weighted by Gasteiger charge is 2.30. The second-order valence-electron chi connectivity index (χ2n) is 5.59. The Balaban J connectivity index is 2.26. The molecule has 4 nitrogen and oxygen atoms in total. The van der Waals surface area contributed by atoms with Gasteiger partial charge in [0.1, 0.15) is 0 Å². The molecule has 0 amide bonds. The van der Waals surface area contributed by atoms with Gasteiger partial charge in [0, 0.05) is 11.3 Å². The Morgan fingerprint density at radius 2 is 1.68 bits per heavy atom. The predicted octanol–water partition coefficient (Wildman–Crippen LogP) is 4.02. The Hall–Kier alpha value is -3.09. The van der Waals surface area contributed by atoms with Gasteiger partial charge < -0.3 is 5.11 Å². The van der Waals surface area contributed by atoms with Crippen molar-refractivity contribution in [2.24, 2.45) is 0 Å². The summed E-state index contributed by atoms with van der Waals surface area (Å²) >= 11 is 0. The van der Waals surface area contributed by atoms with E-state index in [-0.39, 0.29) is 16.8 Å². The summed E-state index contributed by atoms with van der Waals surface area (Å²) < 4.78 is 39.4. The minimum absolute atomic E-state index is 0.0597. The monoisotopic (exact) mass is 347 g/mol. The first-order chi connectivity index (χ1) is 11.7. The minimum atomic E-state index is -4.46. The average molecular weight is 347 g/mol. The molecule has 0 spiro atoms. The predicted molar refractivity (Wildman–Crippen MR) is 86.2 cm³/mol. The summed E-state index contributed by atoms with van der Waals surface area (Å²) in [6.07, 6.45) is -4.46. The Morgan fingerprint density at radius 3 is 2.24 bits per heavy atom. The van der Waals surface area contributed by atoms with Crippen molar-refractivity contribution in [2.45, 2.75) is 13.1 Å². The van der Waals surface area contributed by atoms with Crippen molar-refractivity contribution in [2.75, 3.05) is 0 Å². The number of fused-ring (bicyclic) bond motifs is 1. The maximum Gasteiger partial charge on any atom is 0.416 e. The van der Waals surface area contributed by atoms with Crippen molar-refractivity contribution in [1.29, 1.82) is 0 Å². The van der Waals surface area contributed by atoms with Gasteiger partial charge in [-0.2, -0.15) is 13.2 Å². The molecule has 25 heavy (non-hydrogen) atoms. The van der Waals surface area contributed by atoms with Gasteiger partial charge in [-0.15, -0.1) is 0 Å². The first-order valence-electron chi connectivity index (χ1n) is 7.26. The smallest absolute Gasteiger partial charge is 0.416 e. The molecule has 0 radical (unpaired) electrons. The molecule has 0 unspecified atom stereocenters. The zero-order valence-corrected chi connectivity index (χ0v) is 13.0. The molecule has 0 bridgehead atoms. The largest absolute Gasteiger partial charge is 0.478 e. The van der Waals surface area contributed by atoms with Crippen molar-refractivity contribution in [3.63, 3.8) is 0 Å². The van der Waals surface area contributed by atoms with Crippen molar-refractivity contribution in [1.82, 2.24) is 4.57 Å². The topological polar surface area (TPSA) is 59.3 Å². The number of aromatic nitrogens is 1. The molecule has 1 aromatic heterocycles. The number of aromatic carboxylic acids is 1. The molecule has 1 heterocycles.